The van der Waals surface area contributed by atoms with Crippen LogP contribution in [0.2, 0.25) is 0 Å². The van der Waals surface area contributed by atoms with Crippen LogP contribution >= 0.6 is 0 Å². The second-order valence-electron chi connectivity index (χ2n) is 7.34. The molecular weight excluding hydrogens is 364 g/mol. The second-order valence-corrected chi connectivity index (χ2v) is 9.22. The van der Waals surface area contributed by atoms with E-state index < -0.39 is 10.0 Å². The maximum Gasteiger partial charge on any atom is 0.262 e. The van der Waals surface area contributed by atoms with E-state index in [1.54, 1.807) is 0 Å². The first-order valence-electron chi connectivity index (χ1n) is 9.15. The number of rotatable bonds is 5. The molecule has 7 nitrogen and oxygen atoms in total. The van der Waals surface area contributed by atoms with Crippen molar-refractivity contribution in [3.8, 4) is 0 Å². The third-order valence-electron chi connectivity index (χ3n) is 4.95. The Morgan fingerprint density at radius 2 is 1.96 bits per heavy atom. The summed E-state index contributed by atoms with van der Waals surface area (Å²) in [5, 5.41) is 2.87. The first-order chi connectivity index (χ1) is 12.8. The van der Waals surface area contributed by atoms with Gasteiger partial charge in [-0.2, -0.15) is 4.31 Å². The van der Waals surface area contributed by atoms with Crippen molar-refractivity contribution in [2.75, 3.05) is 18.4 Å². The number of hydrogen-bond donors (Lipinski definition) is 1. The van der Waals surface area contributed by atoms with E-state index >= 15 is 0 Å². The van der Waals surface area contributed by atoms with Gasteiger partial charge in [0.15, 0.2) is 5.03 Å². The number of hydrogen-bond acceptors (Lipinski definition) is 4. The Labute approximate surface area is 160 Å². The van der Waals surface area contributed by atoms with Gasteiger partial charge in [0.25, 0.3) is 10.0 Å². The molecule has 0 aliphatic carbocycles. The van der Waals surface area contributed by atoms with Crippen LogP contribution in [0.4, 0.5) is 5.69 Å². The number of anilines is 1. The maximum absolute atomic E-state index is 12.7. The van der Waals surface area contributed by atoms with Crippen LogP contribution in [0.5, 0.6) is 0 Å². The Kier molecular flexibility index (Phi) is 5.67. The van der Waals surface area contributed by atoms with Crippen molar-refractivity contribution in [3.05, 3.63) is 41.9 Å². The standard InChI is InChI=1S/C19H26N4O3S/c1-14-6-8-23(9-7-14)27(25,26)19-12-22(13-20-19)11-18(24)21-17-10-15(2)4-5-16(17)3/h4-5,10,12-14H,6-9,11H2,1-3H3,(H,21,24). The summed E-state index contributed by atoms with van der Waals surface area (Å²) < 4.78 is 28.4. The van der Waals surface area contributed by atoms with E-state index in [1.807, 2.05) is 32.0 Å². The fraction of sp³-hybridized carbons (Fsp3) is 0.474. The van der Waals surface area contributed by atoms with Gasteiger partial charge in [-0.15, -0.1) is 0 Å². The monoisotopic (exact) mass is 390 g/mol. The number of carbonyl (C=O) groups is 1. The van der Waals surface area contributed by atoms with Crippen LogP contribution < -0.4 is 5.32 Å². The van der Waals surface area contributed by atoms with E-state index in [-0.39, 0.29) is 17.5 Å². The van der Waals surface area contributed by atoms with E-state index in [0.29, 0.717) is 19.0 Å². The smallest absolute Gasteiger partial charge is 0.262 e. The average molecular weight is 391 g/mol. The first kappa shape index (κ1) is 19.6. The quantitative estimate of drug-likeness (QED) is 0.850. The number of aryl methyl sites for hydroxylation is 2. The van der Waals surface area contributed by atoms with Gasteiger partial charge < -0.3 is 9.88 Å². The zero-order valence-corrected chi connectivity index (χ0v) is 16.8. The Hall–Kier alpha value is -2.19. The molecule has 0 spiro atoms. The minimum absolute atomic E-state index is 0.00316. The highest BCUT2D eigenvalue weighted by molar-refractivity contribution is 7.89. The second kappa shape index (κ2) is 7.82. The highest BCUT2D eigenvalue weighted by Crippen LogP contribution is 2.22. The van der Waals surface area contributed by atoms with Gasteiger partial charge in [0, 0.05) is 25.0 Å². The summed E-state index contributed by atoms with van der Waals surface area (Å²) in [7, 11) is -3.60. The SMILES string of the molecule is Cc1ccc(C)c(NC(=O)Cn2cnc(S(=O)(=O)N3CCC(C)CC3)c2)c1. The van der Waals surface area contributed by atoms with Crippen LogP contribution in [0.25, 0.3) is 0 Å². The van der Waals surface area contributed by atoms with Crippen molar-refractivity contribution < 1.29 is 13.2 Å². The number of carbonyl (C=O) groups excluding carboxylic acids is 1. The minimum atomic E-state index is -3.60. The molecule has 1 N–H and O–H groups in total. The molecule has 1 aromatic heterocycles. The highest BCUT2D eigenvalue weighted by atomic mass is 32.2. The number of aromatic nitrogens is 2. The van der Waals surface area contributed by atoms with Gasteiger partial charge in [-0.05, 0) is 49.8 Å². The fourth-order valence-electron chi connectivity index (χ4n) is 3.14. The topological polar surface area (TPSA) is 84.3 Å². The molecule has 0 atom stereocenters. The van der Waals surface area contributed by atoms with Crippen LogP contribution in [-0.2, 0) is 21.4 Å². The van der Waals surface area contributed by atoms with E-state index in [9.17, 15) is 13.2 Å². The lowest BCUT2D eigenvalue weighted by Gasteiger charge is -2.28. The fourth-order valence-corrected chi connectivity index (χ4v) is 4.55. The van der Waals surface area contributed by atoms with Crippen molar-refractivity contribution in [2.24, 2.45) is 5.92 Å². The van der Waals surface area contributed by atoms with Gasteiger partial charge in [-0.3, -0.25) is 4.79 Å². The van der Waals surface area contributed by atoms with E-state index in [2.05, 4.69) is 17.2 Å². The Bertz CT molecular complexity index is 928. The summed E-state index contributed by atoms with van der Waals surface area (Å²) in [6.07, 6.45) is 4.54. The van der Waals surface area contributed by atoms with Crippen molar-refractivity contribution >= 4 is 21.6 Å². The van der Waals surface area contributed by atoms with Crippen molar-refractivity contribution in [2.45, 2.75) is 45.2 Å². The maximum atomic E-state index is 12.7. The molecule has 2 aromatic rings. The van der Waals surface area contributed by atoms with Crippen LogP contribution in [0.3, 0.4) is 0 Å². The third-order valence-corrected chi connectivity index (χ3v) is 6.73. The summed E-state index contributed by atoms with van der Waals surface area (Å²) in [6.45, 7) is 7.06. The number of imidazole rings is 1. The number of amides is 1. The van der Waals surface area contributed by atoms with E-state index in [0.717, 1.165) is 29.7 Å². The van der Waals surface area contributed by atoms with E-state index in [4.69, 9.17) is 0 Å². The summed E-state index contributed by atoms with van der Waals surface area (Å²) in [6, 6.07) is 5.85. The van der Waals surface area contributed by atoms with E-state index in [1.165, 1.54) is 21.4 Å². The molecule has 8 heteroatoms. The summed E-state index contributed by atoms with van der Waals surface area (Å²) >= 11 is 0. The lowest BCUT2D eigenvalue weighted by Crippen LogP contribution is -2.38. The lowest BCUT2D eigenvalue weighted by molar-refractivity contribution is -0.116. The molecule has 1 fully saturated rings. The zero-order chi connectivity index (χ0) is 19.6. The molecule has 0 bridgehead atoms. The predicted octanol–water partition coefficient (Wildman–Crippen LogP) is 2.56. The highest BCUT2D eigenvalue weighted by Gasteiger charge is 2.29. The molecule has 2 heterocycles. The van der Waals surface area contributed by atoms with Gasteiger partial charge >= 0.3 is 0 Å². The third kappa shape index (κ3) is 4.56. The lowest BCUT2D eigenvalue weighted by atomic mass is 10.0. The normalized spacial score (nSPS) is 16.4. The molecule has 1 aromatic carbocycles. The molecule has 1 saturated heterocycles. The van der Waals surface area contributed by atoms with Crippen LogP contribution in [0.15, 0.2) is 35.7 Å². The molecule has 1 aliphatic heterocycles. The molecule has 3 rings (SSSR count). The van der Waals surface area contributed by atoms with Crippen LogP contribution in [0.1, 0.15) is 30.9 Å². The minimum Gasteiger partial charge on any atom is -0.327 e. The number of nitrogens with zero attached hydrogens (tertiary/aromatic N) is 3. The van der Waals surface area contributed by atoms with Crippen LogP contribution in [-0.4, -0.2) is 41.3 Å². The van der Waals surface area contributed by atoms with Gasteiger partial charge in [-0.25, -0.2) is 13.4 Å². The van der Waals surface area contributed by atoms with Gasteiger partial charge in [-0.1, -0.05) is 19.1 Å². The molecule has 1 aliphatic rings. The molecule has 1 amide bonds. The average Bonchev–Trinajstić information content (AvgIpc) is 3.08. The van der Waals surface area contributed by atoms with Crippen molar-refractivity contribution in [1.82, 2.24) is 13.9 Å². The van der Waals surface area contributed by atoms with Gasteiger partial charge in [0.1, 0.15) is 6.54 Å². The largest absolute Gasteiger partial charge is 0.327 e. The number of piperidine rings is 1. The predicted molar refractivity (Wildman–Crippen MR) is 104 cm³/mol. The summed E-state index contributed by atoms with van der Waals surface area (Å²) in [5.74, 6) is 0.319. The molecule has 27 heavy (non-hydrogen) atoms. The molecular formula is C19H26N4O3S. The van der Waals surface area contributed by atoms with Gasteiger partial charge in [0.2, 0.25) is 5.91 Å². The summed E-state index contributed by atoms with van der Waals surface area (Å²) in [4.78, 5) is 16.3. The number of nitrogens with one attached hydrogen (secondary N) is 1. The zero-order valence-electron chi connectivity index (χ0n) is 16.0. The number of sulfonamides is 1. The Morgan fingerprint density at radius 3 is 2.67 bits per heavy atom. The Balaban J connectivity index is 1.67. The van der Waals surface area contributed by atoms with Crippen molar-refractivity contribution in [3.63, 3.8) is 0 Å². The summed E-state index contributed by atoms with van der Waals surface area (Å²) in [5.41, 5.74) is 2.79. The van der Waals surface area contributed by atoms with Crippen molar-refractivity contribution in [1.29, 1.82) is 0 Å². The molecule has 0 saturated carbocycles. The number of benzene rings is 1. The molecule has 0 unspecified atom stereocenters. The molecule has 146 valence electrons. The van der Waals surface area contributed by atoms with Crippen LogP contribution in [0, 0.1) is 19.8 Å². The van der Waals surface area contributed by atoms with Gasteiger partial charge in [0.05, 0.1) is 6.33 Å². The first-order valence-corrected chi connectivity index (χ1v) is 10.6. The Morgan fingerprint density at radius 1 is 1.26 bits per heavy atom. The molecule has 0 radical (unpaired) electrons.